The second-order valence-corrected chi connectivity index (χ2v) is 6.29. The van der Waals surface area contributed by atoms with Crippen molar-refractivity contribution in [3.8, 4) is 5.69 Å². The largest absolute Gasteiger partial charge is 0.326 e. The molecule has 0 bridgehead atoms. The SMILES string of the molecule is CC1(N)CCCCC1C(=O)Nc1cccc(-n2cccn2)c1. The Morgan fingerprint density at radius 2 is 2.27 bits per heavy atom. The van der Waals surface area contributed by atoms with Gasteiger partial charge in [0, 0.05) is 23.6 Å². The van der Waals surface area contributed by atoms with E-state index in [4.69, 9.17) is 5.73 Å². The van der Waals surface area contributed by atoms with Crippen LogP contribution in [0.3, 0.4) is 0 Å². The first-order valence-corrected chi connectivity index (χ1v) is 7.76. The molecular weight excluding hydrogens is 276 g/mol. The number of nitrogens with one attached hydrogen (secondary N) is 1. The van der Waals surface area contributed by atoms with Crippen LogP contribution in [0.5, 0.6) is 0 Å². The van der Waals surface area contributed by atoms with Crippen molar-refractivity contribution in [3.05, 3.63) is 42.7 Å². The van der Waals surface area contributed by atoms with Gasteiger partial charge in [-0.25, -0.2) is 4.68 Å². The van der Waals surface area contributed by atoms with Crippen molar-refractivity contribution < 1.29 is 4.79 Å². The van der Waals surface area contributed by atoms with Crippen LogP contribution in [0.25, 0.3) is 5.69 Å². The standard InChI is InChI=1S/C17H22N4O/c1-17(18)9-3-2-8-15(17)16(22)20-13-6-4-7-14(12-13)21-11-5-10-19-21/h4-7,10-12,15H,2-3,8-9,18H2,1H3,(H,20,22). The first kappa shape index (κ1) is 14.8. The maximum absolute atomic E-state index is 12.6. The third kappa shape index (κ3) is 3.04. The van der Waals surface area contributed by atoms with Crippen molar-refractivity contribution in [1.29, 1.82) is 0 Å². The Balaban J connectivity index is 1.75. The molecule has 1 aliphatic carbocycles. The van der Waals surface area contributed by atoms with Crippen LogP contribution in [0.15, 0.2) is 42.7 Å². The molecule has 3 rings (SSSR count). The van der Waals surface area contributed by atoms with E-state index in [0.717, 1.165) is 37.1 Å². The second-order valence-electron chi connectivity index (χ2n) is 6.29. The lowest BCUT2D eigenvalue weighted by Gasteiger charge is -2.37. The molecule has 22 heavy (non-hydrogen) atoms. The van der Waals surface area contributed by atoms with E-state index in [-0.39, 0.29) is 11.8 Å². The molecule has 1 saturated carbocycles. The highest BCUT2D eigenvalue weighted by Gasteiger charge is 2.37. The molecule has 2 unspecified atom stereocenters. The molecule has 0 aliphatic heterocycles. The maximum atomic E-state index is 12.6. The minimum absolute atomic E-state index is 0.0160. The van der Waals surface area contributed by atoms with Crippen LogP contribution < -0.4 is 11.1 Å². The first-order valence-electron chi connectivity index (χ1n) is 7.76. The number of nitrogens with two attached hydrogens (primary N) is 1. The van der Waals surface area contributed by atoms with Crippen LogP contribution in [-0.4, -0.2) is 21.2 Å². The Morgan fingerprint density at radius 3 is 3.00 bits per heavy atom. The minimum Gasteiger partial charge on any atom is -0.326 e. The van der Waals surface area contributed by atoms with Gasteiger partial charge in [0.05, 0.1) is 11.6 Å². The van der Waals surface area contributed by atoms with E-state index >= 15 is 0 Å². The Morgan fingerprint density at radius 1 is 1.41 bits per heavy atom. The van der Waals surface area contributed by atoms with Gasteiger partial charge in [-0.3, -0.25) is 4.79 Å². The van der Waals surface area contributed by atoms with Gasteiger partial charge in [0.1, 0.15) is 0 Å². The predicted octanol–water partition coefficient (Wildman–Crippen LogP) is 2.72. The fourth-order valence-electron chi connectivity index (χ4n) is 3.17. The summed E-state index contributed by atoms with van der Waals surface area (Å²) in [6.07, 6.45) is 7.53. The lowest BCUT2D eigenvalue weighted by Crippen LogP contribution is -2.51. The summed E-state index contributed by atoms with van der Waals surface area (Å²) in [5.41, 5.74) is 7.59. The third-order valence-corrected chi connectivity index (χ3v) is 4.45. The van der Waals surface area contributed by atoms with Crippen molar-refractivity contribution in [2.75, 3.05) is 5.32 Å². The summed E-state index contributed by atoms with van der Waals surface area (Å²) in [4.78, 5) is 12.6. The molecule has 0 spiro atoms. The van der Waals surface area contributed by atoms with Gasteiger partial charge in [-0.05, 0) is 44.0 Å². The average Bonchev–Trinajstić information content (AvgIpc) is 3.01. The number of aromatic nitrogens is 2. The number of nitrogens with zero attached hydrogens (tertiary/aromatic N) is 2. The molecule has 0 saturated heterocycles. The summed E-state index contributed by atoms with van der Waals surface area (Å²) in [5, 5.41) is 7.21. The zero-order valence-corrected chi connectivity index (χ0v) is 12.8. The van der Waals surface area contributed by atoms with Crippen molar-refractivity contribution in [1.82, 2.24) is 9.78 Å². The van der Waals surface area contributed by atoms with Crippen molar-refractivity contribution in [2.45, 2.75) is 38.1 Å². The lowest BCUT2D eigenvalue weighted by atomic mass is 9.74. The number of hydrogen-bond donors (Lipinski definition) is 2. The molecule has 116 valence electrons. The summed E-state index contributed by atoms with van der Waals surface area (Å²) in [7, 11) is 0. The van der Waals surface area contributed by atoms with Crippen molar-refractivity contribution >= 4 is 11.6 Å². The Kier molecular flexibility index (Phi) is 3.98. The van der Waals surface area contributed by atoms with Crippen LogP contribution in [-0.2, 0) is 4.79 Å². The van der Waals surface area contributed by atoms with Crippen LogP contribution in [0.4, 0.5) is 5.69 Å². The van der Waals surface area contributed by atoms with Gasteiger partial charge in [0.25, 0.3) is 0 Å². The second kappa shape index (κ2) is 5.93. The van der Waals surface area contributed by atoms with Crippen molar-refractivity contribution in [2.24, 2.45) is 11.7 Å². The van der Waals surface area contributed by atoms with E-state index in [1.54, 1.807) is 10.9 Å². The average molecular weight is 298 g/mol. The summed E-state index contributed by atoms with van der Waals surface area (Å²) in [6.45, 7) is 1.98. The molecule has 1 aliphatic rings. The van der Waals surface area contributed by atoms with Gasteiger partial charge in [-0.15, -0.1) is 0 Å². The van der Waals surface area contributed by atoms with Gasteiger partial charge < -0.3 is 11.1 Å². The number of rotatable bonds is 3. The van der Waals surface area contributed by atoms with Gasteiger partial charge >= 0.3 is 0 Å². The maximum Gasteiger partial charge on any atom is 0.229 e. The van der Waals surface area contributed by atoms with Crippen LogP contribution in [0.1, 0.15) is 32.6 Å². The number of carbonyl (C=O) groups excluding carboxylic acids is 1. The molecule has 1 fully saturated rings. The van der Waals surface area contributed by atoms with Crippen LogP contribution in [0.2, 0.25) is 0 Å². The molecule has 1 aromatic carbocycles. The van der Waals surface area contributed by atoms with Gasteiger partial charge in [0.2, 0.25) is 5.91 Å². The predicted molar refractivity (Wildman–Crippen MR) is 86.7 cm³/mol. The zero-order chi connectivity index (χ0) is 15.6. The van der Waals surface area contributed by atoms with E-state index < -0.39 is 5.54 Å². The van der Waals surface area contributed by atoms with Crippen LogP contribution >= 0.6 is 0 Å². The number of anilines is 1. The fraction of sp³-hybridized carbons (Fsp3) is 0.412. The highest BCUT2D eigenvalue weighted by atomic mass is 16.1. The fourth-order valence-corrected chi connectivity index (χ4v) is 3.17. The molecule has 5 nitrogen and oxygen atoms in total. The van der Waals surface area contributed by atoms with E-state index in [1.165, 1.54) is 0 Å². The number of benzene rings is 1. The quantitative estimate of drug-likeness (QED) is 0.915. The van der Waals surface area contributed by atoms with Crippen LogP contribution in [0, 0.1) is 5.92 Å². The Hall–Kier alpha value is -2.14. The normalized spacial score (nSPS) is 24.9. The lowest BCUT2D eigenvalue weighted by molar-refractivity contribution is -0.122. The highest BCUT2D eigenvalue weighted by Crippen LogP contribution is 2.32. The van der Waals surface area contributed by atoms with E-state index in [9.17, 15) is 4.79 Å². The monoisotopic (exact) mass is 298 g/mol. The van der Waals surface area contributed by atoms with Crippen molar-refractivity contribution in [3.63, 3.8) is 0 Å². The smallest absolute Gasteiger partial charge is 0.229 e. The molecule has 1 amide bonds. The summed E-state index contributed by atoms with van der Waals surface area (Å²) >= 11 is 0. The molecule has 2 aromatic rings. The molecule has 0 radical (unpaired) electrons. The topological polar surface area (TPSA) is 72.9 Å². The van der Waals surface area contributed by atoms with Gasteiger partial charge in [0.15, 0.2) is 0 Å². The van der Waals surface area contributed by atoms with Gasteiger partial charge in [-0.1, -0.05) is 18.9 Å². The van der Waals surface area contributed by atoms with Gasteiger partial charge in [-0.2, -0.15) is 5.10 Å². The Bertz CT molecular complexity index is 648. The molecule has 2 atom stereocenters. The number of carbonyl (C=O) groups is 1. The molecular formula is C17H22N4O. The minimum atomic E-state index is -0.415. The first-order chi connectivity index (χ1) is 10.6. The molecule has 5 heteroatoms. The van der Waals surface area contributed by atoms with E-state index in [1.807, 2.05) is 43.5 Å². The molecule has 3 N–H and O–H groups in total. The zero-order valence-electron chi connectivity index (χ0n) is 12.8. The molecule has 1 heterocycles. The summed E-state index contributed by atoms with van der Waals surface area (Å²) in [6, 6.07) is 9.54. The summed E-state index contributed by atoms with van der Waals surface area (Å²) < 4.78 is 1.77. The van der Waals surface area contributed by atoms with E-state index in [2.05, 4.69) is 10.4 Å². The highest BCUT2D eigenvalue weighted by molar-refractivity contribution is 5.93. The third-order valence-electron chi connectivity index (χ3n) is 4.45. The number of hydrogen-bond acceptors (Lipinski definition) is 3. The number of amides is 1. The Labute approximate surface area is 130 Å². The summed E-state index contributed by atoms with van der Waals surface area (Å²) in [5.74, 6) is -0.114. The van der Waals surface area contributed by atoms with E-state index in [0.29, 0.717) is 0 Å². The molecule has 1 aromatic heterocycles.